The predicted octanol–water partition coefficient (Wildman–Crippen LogP) is 3.67. The molecule has 4 nitrogen and oxygen atoms in total. The summed E-state index contributed by atoms with van der Waals surface area (Å²) in [4.78, 5) is 18.1. The minimum Gasteiger partial charge on any atom is -0.267 e. The van der Waals surface area contributed by atoms with Crippen LogP contribution < -0.4 is 5.56 Å². The van der Waals surface area contributed by atoms with Crippen LogP contribution in [0.15, 0.2) is 50.1 Å². The molecule has 0 spiro atoms. The highest BCUT2D eigenvalue weighted by molar-refractivity contribution is 9.10. The first-order valence-corrected chi connectivity index (χ1v) is 8.15. The van der Waals surface area contributed by atoms with Gasteiger partial charge in [0.2, 0.25) is 0 Å². The summed E-state index contributed by atoms with van der Waals surface area (Å²) in [5.41, 5.74) is 0.550. The molecule has 0 aliphatic rings. The third kappa shape index (κ3) is 2.82. The molecule has 0 aliphatic carbocycles. The minimum atomic E-state index is -0.147. The fourth-order valence-electron chi connectivity index (χ4n) is 2.02. The predicted molar refractivity (Wildman–Crippen MR) is 90.4 cm³/mol. The second-order valence-electron chi connectivity index (χ2n) is 4.42. The van der Waals surface area contributed by atoms with Crippen molar-refractivity contribution < 1.29 is 0 Å². The number of nitrogens with zero attached hydrogens (tertiary/aromatic N) is 3. The number of benzene rings is 1. The van der Waals surface area contributed by atoms with Crippen LogP contribution in [-0.2, 0) is 6.42 Å². The molecule has 0 aliphatic heterocycles. The fraction of sp³-hybridized carbons (Fsp3) is 0.133. The average Bonchev–Trinajstić information content (AvgIpc) is 3.00. The van der Waals surface area contributed by atoms with Crippen molar-refractivity contribution in [1.82, 2.24) is 9.66 Å². The molecule has 0 N–H and O–H groups in total. The van der Waals surface area contributed by atoms with Crippen LogP contribution in [-0.4, -0.2) is 15.9 Å². The second kappa shape index (κ2) is 5.91. The number of aromatic nitrogens is 2. The van der Waals surface area contributed by atoms with Gasteiger partial charge in [-0.2, -0.15) is 9.78 Å². The maximum absolute atomic E-state index is 12.6. The molecule has 0 radical (unpaired) electrons. The van der Waals surface area contributed by atoms with Gasteiger partial charge < -0.3 is 0 Å². The van der Waals surface area contributed by atoms with Gasteiger partial charge in [0.1, 0.15) is 5.82 Å². The van der Waals surface area contributed by atoms with Crippen LogP contribution in [0.1, 0.15) is 17.6 Å². The van der Waals surface area contributed by atoms with Gasteiger partial charge in [-0.25, -0.2) is 4.98 Å². The van der Waals surface area contributed by atoms with E-state index in [-0.39, 0.29) is 5.56 Å². The van der Waals surface area contributed by atoms with Crippen LogP contribution in [0.3, 0.4) is 0 Å². The summed E-state index contributed by atoms with van der Waals surface area (Å²) >= 11 is 4.96. The molecule has 2 heterocycles. The quantitative estimate of drug-likeness (QED) is 0.668. The lowest BCUT2D eigenvalue weighted by Gasteiger charge is -2.07. The Balaban J connectivity index is 2.20. The third-order valence-electron chi connectivity index (χ3n) is 3.04. The van der Waals surface area contributed by atoms with Crippen molar-refractivity contribution >= 4 is 44.4 Å². The van der Waals surface area contributed by atoms with Crippen LogP contribution in [0.4, 0.5) is 0 Å². The van der Waals surface area contributed by atoms with Crippen LogP contribution in [0.25, 0.3) is 10.9 Å². The lowest BCUT2D eigenvalue weighted by Crippen LogP contribution is -2.22. The number of aryl methyl sites for hydroxylation is 1. The maximum Gasteiger partial charge on any atom is 0.282 e. The van der Waals surface area contributed by atoms with Crippen molar-refractivity contribution in [2.45, 2.75) is 13.3 Å². The minimum absolute atomic E-state index is 0.147. The van der Waals surface area contributed by atoms with E-state index in [1.165, 1.54) is 4.68 Å². The molecule has 0 fully saturated rings. The van der Waals surface area contributed by atoms with Crippen molar-refractivity contribution in [2.75, 3.05) is 0 Å². The molecule has 0 bridgehead atoms. The molecule has 0 amide bonds. The van der Waals surface area contributed by atoms with Crippen molar-refractivity contribution in [1.29, 1.82) is 0 Å². The van der Waals surface area contributed by atoms with Gasteiger partial charge in [-0.1, -0.05) is 28.9 Å². The number of halogens is 1. The first-order chi connectivity index (χ1) is 10.2. The summed E-state index contributed by atoms with van der Waals surface area (Å²) in [6.07, 6.45) is 2.33. The highest BCUT2D eigenvalue weighted by Crippen LogP contribution is 2.16. The Morgan fingerprint density at radius 1 is 1.43 bits per heavy atom. The smallest absolute Gasteiger partial charge is 0.267 e. The van der Waals surface area contributed by atoms with E-state index in [0.717, 1.165) is 9.35 Å². The van der Waals surface area contributed by atoms with Gasteiger partial charge in [0, 0.05) is 15.8 Å². The van der Waals surface area contributed by atoms with E-state index in [1.54, 1.807) is 23.6 Å². The molecule has 0 saturated heterocycles. The second-order valence-corrected chi connectivity index (χ2v) is 6.31. The first kappa shape index (κ1) is 14.2. The van der Waals surface area contributed by atoms with Crippen LogP contribution in [0.2, 0.25) is 0 Å². The lowest BCUT2D eigenvalue weighted by atomic mass is 10.2. The van der Waals surface area contributed by atoms with Gasteiger partial charge in [0.05, 0.1) is 17.1 Å². The van der Waals surface area contributed by atoms with E-state index in [9.17, 15) is 4.79 Å². The summed E-state index contributed by atoms with van der Waals surface area (Å²) in [5, 5.41) is 6.84. The molecule has 0 atom stereocenters. The van der Waals surface area contributed by atoms with Gasteiger partial charge in [-0.05, 0) is 29.6 Å². The standard InChI is InChI=1S/C15H12BrN3OS/c1-2-14-18-13-6-5-10(16)8-12(13)15(20)19(14)17-9-11-4-3-7-21-11/h3-9H,2H2,1H3. The number of fused-ring (bicyclic) bond motifs is 1. The SMILES string of the molecule is CCc1nc2ccc(Br)cc2c(=O)n1N=Cc1cccs1. The topological polar surface area (TPSA) is 47.2 Å². The Labute approximate surface area is 133 Å². The molecule has 3 aromatic rings. The third-order valence-corrected chi connectivity index (χ3v) is 4.34. The van der Waals surface area contributed by atoms with Crippen LogP contribution in [0.5, 0.6) is 0 Å². The molecule has 0 saturated carbocycles. The molecule has 6 heteroatoms. The van der Waals surface area contributed by atoms with E-state index in [2.05, 4.69) is 26.0 Å². The van der Waals surface area contributed by atoms with Crippen molar-refractivity contribution in [3.8, 4) is 0 Å². The summed E-state index contributed by atoms with van der Waals surface area (Å²) in [7, 11) is 0. The molecule has 21 heavy (non-hydrogen) atoms. The van der Waals surface area contributed by atoms with Crippen LogP contribution in [0, 0.1) is 0 Å². The number of hydrogen-bond acceptors (Lipinski definition) is 4. The average molecular weight is 362 g/mol. The first-order valence-electron chi connectivity index (χ1n) is 6.48. The molecular formula is C15H12BrN3OS. The summed E-state index contributed by atoms with van der Waals surface area (Å²) < 4.78 is 2.24. The monoisotopic (exact) mass is 361 g/mol. The molecule has 3 rings (SSSR count). The zero-order valence-corrected chi connectivity index (χ0v) is 13.7. The number of hydrogen-bond donors (Lipinski definition) is 0. The lowest BCUT2D eigenvalue weighted by molar-refractivity contribution is 0.735. The van der Waals surface area contributed by atoms with Gasteiger partial charge in [-0.3, -0.25) is 4.79 Å². The van der Waals surface area contributed by atoms with Gasteiger partial charge in [0.25, 0.3) is 5.56 Å². The Morgan fingerprint density at radius 3 is 3.00 bits per heavy atom. The molecular weight excluding hydrogens is 350 g/mol. The zero-order chi connectivity index (χ0) is 14.8. The molecule has 2 aromatic heterocycles. The highest BCUT2D eigenvalue weighted by Gasteiger charge is 2.09. The summed E-state index contributed by atoms with van der Waals surface area (Å²) in [5.74, 6) is 0.655. The summed E-state index contributed by atoms with van der Waals surface area (Å²) in [6, 6.07) is 9.41. The Morgan fingerprint density at radius 2 is 2.29 bits per heavy atom. The van der Waals surface area contributed by atoms with E-state index < -0.39 is 0 Å². The number of rotatable bonds is 3. The van der Waals surface area contributed by atoms with E-state index in [4.69, 9.17) is 0 Å². The summed E-state index contributed by atoms with van der Waals surface area (Å²) in [6.45, 7) is 1.96. The highest BCUT2D eigenvalue weighted by atomic mass is 79.9. The normalized spacial score (nSPS) is 11.5. The fourth-order valence-corrected chi connectivity index (χ4v) is 2.96. The van der Waals surface area contributed by atoms with E-state index >= 15 is 0 Å². The molecule has 0 unspecified atom stereocenters. The van der Waals surface area contributed by atoms with Crippen molar-refractivity contribution in [3.63, 3.8) is 0 Å². The van der Waals surface area contributed by atoms with Crippen LogP contribution >= 0.6 is 27.3 Å². The Kier molecular flexibility index (Phi) is 3.98. The van der Waals surface area contributed by atoms with E-state index in [0.29, 0.717) is 23.1 Å². The van der Waals surface area contributed by atoms with Crippen molar-refractivity contribution in [2.24, 2.45) is 5.10 Å². The molecule has 1 aromatic carbocycles. The van der Waals surface area contributed by atoms with E-state index in [1.807, 2.05) is 36.6 Å². The number of thiophene rings is 1. The van der Waals surface area contributed by atoms with Crippen molar-refractivity contribution in [3.05, 3.63) is 61.2 Å². The Bertz CT molecular complexity index is 869. The zero-order valence-electron chi connectivity index (χ0n) is 11.3. The molecule has 106 valence electrons. The largest absolute Gasteiger partial charge is 0.282 e. The van der Waals surface area contributed by atoms with Gasteiger partial charge in [-0.15, -0.1) is 11.3 Å². The Hall–Kier alpha value is -1.79. The van der Waals surface area contributed by atoms with Gasteiger partial charge in [0.15, 0.2) is 0 Å². The maximum atomic E-state index is 12.6. The van der Waals surface area contributed by atoms with Gasteiger partial charge >= 0.3 is 0 Å².